The average molecular weight is 544 g/mol. The van der Waals surface area contributed by atoms with Crippen LogP contribution in [0.4, 0.5) is 8.78 Å². The van der Waals surface area contributed by atoms with Crippen molar-refractivity contribution in [2.45, 2.75) is 24.1 Å². The highest BCUT2D eigenvalue weighted by Gasteiger charge is 2.58. The summed E-state index contributed by atoms with van der Waals surface area (Å²) in [7, 11) is -18.0. The fourth-order valence-corrected chi connectivity index (χ4v) is 5.25. The molecule has 0 spiro atoms. The van der Waals surface area contributed by atoms with Crippen LogP contribution < -0.4 is 11.2 Å². The zero-order valence-corrected chi connectivity index (χ0v) is 18.2. The van der Waals surface area contributed by atoms with E-state index in [1.807, 2.05) is 0 Å². The van der Waals surface area contributed by atoms with Gasteiger partial charge in [0.2, 0.25) is 5.67 Å². The van der Waals surface area contributed by atoms with Crippen LogP contribution in [-0.4, -0.2) is 65.3 Å². The van der Waals surface area contributed by atoms with Crippen molar-refractivity contribution in [1.82, 2.24) is 9.55 Å². The standard InChI is InChI=1S/C12H15F2N2O14P3/c13-4-1-3-12(14)9(18)7(28-10(12)16-5-2-8(17)15-11(16)19)6-27-32(23,24)30-33(25,26)29-31(20,21)22/h2,5,7,9-10,18H,4,6H2,(H,23,24)(H,25,26)(H,15,17,19)(H2,20,21,22)/t7-,9+,10-,12?/m1/s1/i6D2. The van der Waals surface area contributed by atoms with Gasteiger partial charge < -0.3 is 29.4 Å². The zero-order chi connectivity index (χ0) is 27.0. The predicted molar refractivity (Wildman–Crippen MR) is 98.6 cm³/mol. The summed E-state index contributed by atoms with van der Waals surface area (Å²) in [4.78, 5) is 60.7. The number of halogens is 2. The second-order valence-electron chi connectivity index (χ2n) is 5.87. The molecule has 0 radical (unpaired) electrons. The second-order valence-corrected chi connectivity index (χ2v) is 10.2. The Balaban J connectivity index is 2.43. The van der Waals surface area contributed by atoms with Gasteiger partial charge in [0.15, 0.2) is 6.23 Å². The molecule has 1 saturated heterocycles. The molecule has 186 valence electrons. The second kappa shape index (κ2) is 9.96. The van der Waals surface area contributed by atoms with Gasteiger partial charge in [0.1, 0.15) is 18.9 Å². The molecule has 1 aromatic rings. The molecule has 0 aromatic carbocycles. The van der Waals surface area contributed by atoms with Crippen LogP contribution in [0.25, 0.3) is 0 Å². The van der Waals surface area contributed by atoms with Crippen molar-refractivity contribution >= 4 is 23.5 Å². The molecule has 2 heterocycles. The van der Waals surface area contributed by atoms with E-state index in [1.54, 1.807) is 16.8 Å². The summed E-state index contributed by atoms with van der Waals surface area (Å²) in [5.41, 5.74) is -5.82. The number of hydrogen-bond donors (Lipinski definition) is 6. The Morgan fingerprint density at radius 2 is 1.88 bits per heavy atom. The summed E-state index contributed by atoms with van der Waals surface area (Å²) < 4.78 is 93.8. The lowest BCUT2D eigenvalue weighted by Crippen LogP contribution is -2.45. The maximum absolute atomic E-state index is 15.7. The Kier molecular flexibility index (Phi) is 7.41. The van der Waals surface area contributed by atoms with E-state index in [2.05, 4.69) is 13.1 Å². The quantitative estimate of drug-likeness (QED) is 0.167. The van der Waals surface area contributed by atoms with Crippen molar-refractivity contribution in [3.05, 3.63) is 33.1 Å². The highest BCUT2D eigenvalue weighted by atomic mass is 31.3. The molecule has 21 heteroatoms. The van der Waals surface area contributed by atoms with Crippen molar-refractivity contribution < 1.29 is 67.8 Å². The smallest absolute Gasteiger partial charge is 0.386 e. The van der Waals surface area contributed by atoms with E-state index in [0.29, 0.717) is 12.3 Å². The zero-order valence-electron chi connectivity index (χ0n) is 17.5. The van der Waals surface area contributed by atoms with Gasteiger partial charge >= 0.3 is 29.2 Å². The van der Waals surface area contributed by atoms with Gasteiger partial charge in [-0.1, -0.05) is 11.8 Å². The van der Waals surface area contributed by atoms with E-state index in [4.69, 9.17) is 22.2 Å². The molecule has 0 amide bonds. The Bertz CT molecular complexity index is 1290. The lowest BCUT2D eigenvalue weighted by Gasteiger charge is -2.23. The lowest BCUT2D eigenvalue weighted by atomic mass is 9.96. The van der Waals surface area contributed by atoms with Crippen LogP contribution in [-0.2, 0) is 31.6 Å². The summed E-state index contributed by atoms with van der Waals surface area (Å²) in [6, 6.07) is 0.689. The molecule has 1 fully saturated rings. The molecule has 2 rings (SSSR count). The Labute approximate surface area is 184 Å². The number of phosphoric ester groups is 1. The number of aliphatic hydroxyl groups is 1. The fourth-order valence-electron chi connectivity index (χ4n) is 2.37. The summed E-state index contributed by atoms with van der Waals surface area (Å²) >= 11 is 0. The topological polar surface area (TPSA) is 244 Å². The number of alkyl halides is 2. The third-order valence-electron chi connectivity index (χ3n) is 3.50. The minimum absolute atomic E-state index is 0.276. The van der Waals surface area contributed by atoms with Crippen molar-refractivity contribution in [2.24, 2.45) is 0 Å². The maximum atomic E-state index is 15.7. The van der Waals surface area contributed by atoms with E-state index in [0.717, 1.165) is 0 Å². The molecule has 0 bridgehead atoms. The van der Waals surface area contributed by atoms with Crippen LogP contribution in [0.1, 0.15) is 8.97 Å². The van der Waals surface area contributed by atoms with Gasteiger partial charge in [0, 0.05) is 12.3 Å². The van der Waals surface area contributed by atoms with Gasteiger partial charge in [0.25, 0.3) is 5.56 Å². The SMILES string of the molecule is [2H]C([2H])(OP(=O)(O)OP(=O)(O)OP(=O)(O)O)[C@H]1O[C@@H](n2ccc(=O)[nH]c2=O)C(F)(C#CCF)[C@H]1O. The number of hydrogen-bond acceptors (Lipinski definition) is 10. The van der Waals surface area contributed by atoms with Gasteiger partial charge in [-0.2, -0.15) is 8.62 Å². The molecule has 1 aromatic heterocycles. The van der Waals surface area contributed by atoms with Crippen LogP contribution in [0, 0.1) is 11.8 Å². The van der Waals surface area contributed by atoms with E-state index < -0.39 is 72.1 Å². The first-order chi connectivity index (χ1) is 15.7. The van der Waals surface area contributed by atoms with Crippen LogP contribution in [0.3, 0.4) is 0 Å². The Hall–Kier alpha value is -1.57. The minimum Gasteiger partial charge on any atom is -0.386 e. The molecule has 3 unspecified atom stereocenters. The van der Waals surface area contributed by atoms with E-state index in [1.165, 1.54) is 0 Å². The number of phosphoric acid groups is 3. The highest BCUT2D eigenvalue weighted by Crippen LogP contribution is 2.66. The molecular formula is C12H15F2N2O14P3. The number of H-pyrrole nitrogens is 1. The number of aliphatic hydroxyl groups excluding tert-OH is 1. The third-order valence-corrected chi connectivity index (χ3v) is 7.17. The fraction of sp³-hybridized carbons (Fsp3) is 0.500. The monoisotopic (exact) mass is 544 g/mol. The van der Waals surface area contributed by atoms with Gasteiger partial charge in [0.05, 0.1) is 9.30 Å². The van der Waals surface area contributed by atoms with Gasteiger partial charge in [-0.25, -0.2) is 27.3 Å². The first-order valence-corrected chi connectivity index (χ1v) is 12.5. The summed E-state index contributed by atoms with van der Waals surface area (Å²) in [5, 5.41) is 10.4. The number of rotatable bonds is 8. The van der Waals surface area contributed by atoms with Gasteiger partial charge in [-0.05, 0) is 0 Å². The summed E-state index contributed by atoms with van der Waals surface area (Å²) in [6.45, 7) is -5.33. The number of nitrogens with one attached hydrogen (secondary N) is 1. The number of nitrogens with zero attached hydrogens (tertiary/aromatic N) is 1. The van der Waals surface area contributed by atoms with E-state index >= 15 is 4.39 Å². The molecule has 1 aliphatic rings. The summed E-state index contributed by atoms with van der Waals surface area (Å²) in [6.07, 6.45) is -7.28. The molecule has 6 atom stereocenters. The highest BCUT2D eigenvalue weighted by molar-refractivity contribution is 7.66. The molecule has 33 heavy (non-hydrogen) atoms. The largest absolute Gasteiger partial charge is 0.490 e. The van der Waals surface area contributed by atoms with E-state index in [9.17, 15) is 37.7 Å². The van der Waals surface area contributed by atoms with Gasteiger partial charge in [-0.15, -0.1) is 0 Å². The average Bonchev–Trinajstić information content (AvgIpc) is 2.88. The molecule has 0 aliphatic carbocycles. The lowest BCUT2D eigenvalue weighted by molar-refractivity contribution is -0.0535. The van der Waals surface area contributed by atoms with Crippen molar-refractivity contribution in [2.75, 3.05) is 13.2 Å². The first kappa shape index (κ1) is 24.6. The van der Waals surface area contributed by atoms with Crippen LogP contribution >= 0.6 is 23.5 Å². The normalized spacial score (nSPS) is 30.3. The Morgan fingerprint density at radius 3 is 2.42 bits per heavy atom. The predicted octanol–water partition coefficient (Wildman–Crippen LogP) is -1.18. The van der Waals surface area contributed by atoms with Crippen molar-refractivity contribution in [3.8, 4) is 11.8 Å². The molecule has 6 N–H and O–H groups in total. The molecular weight excluding hydrogens is 527 g/mol. The number of ether oxygens (including phenoxy) is 1. The van der Waals surface area contributed by atoms with Crippen molar-refractivity contribution in [3.63, 3.8) is 0 Å². The molecule has 16 nitrogen and oxygen atoms in total. The minimum atomic E-state index is -6.15. The van der Waals surface area contributed by atoms with E-state index in [-0.39, 0.29) is 4.57 Å². The van der Waals surface area contributed by atoms with Crippen LogP contribution in [0.15, 0.2) is 21.9 Å². The first-order valence-electron chi connectivity index (χ1n) is 8.97. The van der Waals surface area contributed by atoms with Crippen LogP contribution in [0.5, 0.6) is 0 Å². The molecule has 1 aliphatic heterocycles. The van der Waals surface area contributed by atoms with Crippen molar-refractivity contribution in [1.29, 1.82) is 0 Å². The van der Waals surface area contributed by atoms with Crippen LogP contribution in [0.2, 0.25) is 0 Å². The summed E-state index contributed by atoms with van der Waals surface area (Å²) in [5.74, 6) is 3.18. The maximum Gasteiger partial charge on any atom is 0.490 e. The number of aromatic amines is 1. The molecule has 0 saturated carbocycles. The Morgan fingerprint density at radius 1 is 1.24 bits per heavy atom. The number of aromatic nitrogens is 2. The van der Waals surface area contributed by atoms with Gasteiger partial charge in [-0.3, -0.25) is 18.9 Å². The third kappa shape index (κ3) is 7.20.